The molecule has 0 aliphatic heterocycles. The molecule has 3 nitrogen and oxygen atoms in total. The zero-order valence-electron chi connectivity index (χ0n) is 22.5. The Morgan fingerprint density at radius 2 is 1.64 bits per heavy atom. The third kappa shape index (κ3) is 3.62. The van der Waals surface area contributed by atoms with Gasteiger partial charge < -0.3 is 10.2 Å². The number of rotatable bonds is 5. The summed E-state index contributed by atoms with van der Waals surface area (Å²) in [6.45, 7) is 20.1. The molecular weight excluding hydrogens is 408 g/mol. The minimum Gasteiger partial charge on any atom is -0.390 e. The van der Waals surface area contributed by atoms with Crippen molar-refractivity contribution in [3.63, 3.8) is 0 Å². The highest BCUT2D eigenvalue weighted by Crippen LogP contribution is 2.75. The van der Waals surface area contributed by atoms with Crippen molar-refractivity contribution in [2.24, 2.45) is 45.3 Å². The van der Waals surface area contributed by atoms with Crippen LogP contribution in [0.4, 0.5) is 0 Å². The molecule has 0 amide bonds. The molecule has 0 spiro atoms. The minimum absolute atomic E-state index is 0.181. The molecule has 0 aromatic rings. The molecule has 33 heavy (non-hydrogen) atoms. The first-order valence-electron chi connectivity index (χ1n) is 13.7. The van der Waals surface area contributed by atoms with Crippen molar-refractivity contribution in [2.45, 2.75) is 124 Å². The van der Waals surface area contributed by atoms with Gasteiger partial charge >= 0.3 is 0 Å². The summed E-state index contributed by atoms with van der Waals surface area (Å²) in [5.74, 6) is 2.90. The van der Waals surface area contributed by atoms with E-state index in [-0.39, 0.29) is 10.8 Å². The van der Waals surface area contributed by atoms with Crippen molar-refractivity contribution >= 4 is 5.78 Å². The monoisotopic (exact) mass is 458 g/mol. The number of carbonyl (C=O) groups is 1. The maximum Gasteiger partial charge on any atom is 0.138 e. The summed E-state index contributed by atoms with van der Waals surface area (Å²) >= 11 is 0. The largest absolute Gasteiger partial charge is 0.390 e. The smallest absolute Gasteiger partial charge is 0.138 e. The fraction of sp³-hybridized carbons (Fsp3) is 0.900. The second kappa shape index (κ2) is 7.92. The Morgan fingerprint density at radius 3 is 2.27 bits per heavy atom. The number of ketones is 1. The number of hydrogen-bond acceptors (Lipinski definition) is 3. The van der Waals surface area contributed by atoms with Crippen LogP contribution in [0.3, 0.4) is 0 Å². The van der Waals surface area contributed by atoms with E-state index in [1.54, 1.807) is 13.8 Å². The summed E-state index contributed by atoms with van der Waals surface area (Å²) in [6.07, 6.45) is 9.99. The van der Waals surface area contributed by atoms with Gasteiger partial charge in [0.15, 0.2) is 0 Å². The van der Waals surface area contributed by atoms with Crippen LogP contribution < -0.4 is 0 Å². The molecule has 4 rings (SSSR count). The summed E-state index contributed by atoms with van der Waals surface area (Å²) < 4.78 is 0. The Balaban J connectivity index is 1.55. The van der Waals surface area contributed by atoms with Crippen LogP contribution in [0.1, 0.15) is 113 Å². The van der Waals surface area contributed by atoms with Crippen molar-refractivity contribution in [3.8, 4) is 0 Å². The number of aliphatic hydroxyl groups is 2. The maximum absolute atomic E-state index is 12.8. The van der Waals surface area contributed by atoms with Crippen LogP contribution in [-0.4, -0.2) is 27.7 Å². The van der Waals surface area contributed by atoms with Gasteiger partial charge in [0, 0.05) is 11.8 Å². The lowest BCUT2D eigenvalue weighted by Crippen LogP contribution is -2.63. The lowest BCUT2D eigenvalue weighted by atomic mass is 9.35. The van der Waals surface area contributed by atoms with Gasteiger partial charge in [0.05, 0.1) is 11.7 Å². The molecule has 8 atom stereocenters. The summed E-state index contributed by atoms with van der Waals surface area (Å²) in [6, 6.07) is 0. The maximum atomic E-state index is 12.8. The van der Waals surface area contributed by atoms with Gasteiger partial charge in [-0.1, -0.05) is 46.8 Å². The van der Waals surface area contributed by atoms with E-state index in [1.165, 1.54) is 44.1 Å². The standard InChI is InChI=1S/C30H50O3/c1-19(9-12-25(32)27(4,5)33)20-13-17-29(7)21(20)10-11-23-28(6)16-15-24(31)26(2,3)22(28)14-18-30(23,29)8/h20-23,25,32-33H,1,9-18H2,2-8H3/t20-,21-,22?,23-,25-,28+,29-,30-/m1/s1. The second-order valence-electron chi connectivity index (χ2n) is 14.3. The molecule has 0 heterocycles. The van der Waals surface area contributed by atoms with Crippen molar-refractivity contribution in [3.05, 3.63) is 12.2 Å². The zero-order valence-corrected chi connectivity index (χ0v) is 22.5. The first-order valence-corrected chi connectivity index (χ1v) is 13.7. The lowest BCUT2D eigenvalue weighted by molar-refractivity contribution is -0.201. The lowest BCUT2D eigenvalue weighted by Gasteiger charge is -2.69. The van der Waals surface area contributed by atoms with Gasteiger partial charge in [-0.15, -0.1) is 0 Å². The highest BCUT2D eigenvalue weighted by Gasteiger charge is 2.68. The van der Waals surface area contributed by atoms with Crippen LogP contribution in [0.25, 0.3) is 0 Å². The predicted molar refractivity (Wildman–Crippen MR) is 135 cm³/mol. The van der Waals surface area contributed by atoms with E-state index < -0.39 is 11.7 Å². The molecule has 0 aromatic carbocycles. The topological polar surface area (TPSA) is 57.5 Å². The van der Waals surface area contributed by atoms with Crippen molar-refractivity contribution in [1.82, 2.24) is 0 Å². The number of carbonyl (C=O) groups excluding carboxylic acids is 1. The van der Waals surface area contributed by atoms with Gasteiger partial charge in [-0.05, 0) is 112 Å². The van der Waals surface area contributed by atoms with Gasteiger partial charge in [-0.3, -0.25) is 4.79 Å². The SMILES string of the molecule is C=C(CC[C@@H](O)C(C)(C)O)[C@H]1CC[C@]2(C)[C@@H]1CC[C@@H]1[C@@]3(C)CCC(=O)C(C)(C)C3CC[C@]12C. The number of hydrogen-bond donors (Lipinski definition) is 2. The third-order valence-electron chi connectivity index (χ3n) is 12.2. The molecule has 188 valence electrons. The van der Waals surface area contributed by atoms with E-state index in [4.69, 9.17) is 0 Å². The van der Waals surface area contributed by atoms with Gasteiger partial charge in [0.2, 0.25) is 0 Å². The number of aliphatic hydroxyl groups excluding tert-OH is 1. The van der Waals surface area contributed by atoms with E-state index in [2.05, 4.69) is 41.2 Å². The van der Waals surface area contributed by atoms with Gasteiger partial charge in [-0.25, -0.2) is 0 Å². The highest BCUT2D eigenvalue weighted by molar-refractivity contribution is 5.85. The van der Waals surface area contributed by atoms with E-state index >= 15 is 0 Å². The van der Waals surface area contributed by atoms with Crippen molar-refractivity contribution < 1.29 is 15.0 Å². The van der Waals surface area contributed by atoms with E-state index in [9.17, 15) is 15.0 Å². The Morgan fingerprint density at radius 1 is 1.00 bits per heavy atom. The Kier molecular flexibility index (Phi) is 6.10. The Labute approximate surface area is 202 Å². The fourth-order valence-corrected chi connectivity index (χ4v) is 9.89. The van der Waals surface area contributed by atoms with Gasteiger partial charge in [-0.2, -0.15) is 0 Å². The van der Waals surface area contributed by atoms with E-state index in [0.717, 1.165) is 19.3 Å². The predicted octanol–water partition coefficient (Wildman–Crippen LogP) is 6.71. The van der Waals surface area contributed by atoms with Crippen molar-refractivity contribution in [1.29, 1.82) is 0 Å². The molecule has 2 N–H and O–H groups in total. The van der Waals surface area contributed by atoms with Crippen molar-refractivity contribution in [2.75, 3.05) is 0 Å². The Bertz CT molecular complexity index is 806. The normalized spacial score (nSPS) is 45.7. The minimum atomic E-state index is -1.06. The number of allylic oxidation sites excluding steroid dienone is 1. The highest BCUT2D eigenvalue weighted by atomic mass is 16.3. The quantitative estimate of drug-likeness (QED) is 0.450. The van der Waals surface area contributed by atoms with Crippen LogP contribution >= 0.6 is 0 Å². The fourth-order valence-electron chi connectivity index (χ4n) is 9.89. The summed E-state index contributed by atoms with van der Waals surface area (Å²) in [4.78, 5) is 12.8. The first-order chi connectivity index (χ1) is 15.1. The summed E-state index contributed by atoms with van der Waals surface area (Å²) in [7, 11) is 0. The average molecular weight is 459 g/mol. The zero-order chi connectivity index (χ0) is 24.6. The van der Waals surface area contributed by atoms with Gasteiger partial charge in [0.25, 0.3) is 0 Å². The van der Waals surface area contributed by atoms with Crippen LogP contribution in [0, 0.1) is 45.3 Å². The number of Topliss-reactive ketones (excluding diaryl/α,β-unsaturated/α-hetero) is 1. The molecule has 4 fully saturated rings. The molecule has 0 saturated heterocycles. The molecule has 1 unspecified atom stereocenters. The molecule has 4 saturated carbocycles. The number of fused-ring (bicyclic) bond motifs is 5. The first kappa shape index (κ1) is 25.4. The molecule has 0 radical (unpaired) electrons. The molecule has 3 heteroatoms. The summed E-state index contributed by atoms with van der Waals surface area (Å²) in [5, 5.41) is 20.5. The van der Waals surface area contributed by atoms with Crippen LogP contribution in [0.5, 0.6) is 0 Å². The third-order valence-corrected chi connectivity index (χ3v) is 12.2. The molecule has 0 aromatic heterocycles. The van der Waals surface area contributed by atoms with Crippen LogP contribution in [0.2, 0.25) is 0 Å². The molecular formula is C30H50O3. The molecule has 0 bridgehead atoms. The van der Waals surface area contributed by atoms with Gasteiger partial charge in [0.1, 0.15) is 5.78 Å². The van der Waals surface area contributed by atoms with E-state index in [0.29, 0.717) is 46.7 Å². The molecule has 4 aliphatic carbocycles. The Hall–Kier alpha value is -0.670. The van der Waals surface area contributed by atoms with Crippen LogP contribution in [-0.2, 0) is 4.79 Å². The van der Waals surface area contributed by atoms with E-state index in [1.807, 2.05) is 0 Å². The molecule has 4 aliphatic rings. The average Bonchev–Trinajstić information content (AvgIpc) is 3.07. The van der Waals surface area contributed by atoms with Crippen LogP contribution in [0.15, 0.2) is 12.2 Å². The second-order valence-corrected chi connectivity index (χ2v) is 14.3. The summed E-state index contributed by atoms with van der Waals surface area (Å²) in [5.41, 5.74) is 0.958.